The van der Waals surface area contributed by atoms with Crippen LogP contribution >= 0.6 is 0 Å². The quantitative estimate of drug-likeness (QED) is 0.737. The van der Waals surface area contributed by atoms with E-state index in [-0.39, 0.29) is 29.3 Å². The number of carbonyl (C=O) groups is 2. The highest BCUT2D eigenvalue weighted by molar-refractivity contribution is 6.05. The minimum atomic E-state index is -2.06. The molecule has 3 saturated carbocycles. The van der Waals surface area contributed by atoms with Crippen molar-refractivity contribution in [2.75, 3.05) is 0 Å². The van der Waals surface area contributed by atoms with Gasteiger partial charge in [-0.3, -0.25) is 9.59 Å². The molecule has 0 aromatic carbocycles. The minimum absolute atomic E-state index is 0.0608. The zero-order valence-corrected chi connectivity index (χ0v) is 15.3. The van der Waals surface area contributed by atoms with Crippen LogP contribution in [0.15, 0.2) is 12.2 Å². The third-order valence-electron chi connectivity index (χ3n) is 8.24. The van der Waals surface area contributed by atoms with Gasteiger partial charge < -0.3 is 14.6 Å². The average Bonchev–Trinajstić information content (AvgIpc) is 3.03. The lowest BCUT2D eigenvalue weighted by Crippen LogP contribution is -2.80. The molecule has 1 N–H and O–H groups in total. The Kier molecular flexibility index (Phi) is 2.65. The summed E-state index contributed by atoms with van der Waals surface area (Å²) in [5, 5.41) is 11.6. The first-order chi connectivity index (χ1) is 11.6. The molecule has 3 aliphatic carbocycles. The fourth-order valence-electron chi connectivity index (χ4n) is 7.70. The fraction of sp³-hybridized carbons (Fsp3) is 0.800. The number of rotatable bonds is 1. The summed E-state index contributed by atoms with van der Waals surface area (Å²) in [7, 11) is 0. The molecule has 5 fully saturated rings. The first-order valence-corrected chi connectivity index (χ1v) is 9.45. The Labute approximate surface area is 147 Å². The van der Waals surface area contributed by atoms with Crippen LogP contribution in [0.3, 0.4) is 0 Å². The summed E-state index contributed by atoms with van der Waals surface area (Å²) in [4.78, 5) is 27.2. The molecule has 0 radical (unpaired) electrons. The monoisotopic (exact) mass is 346 g/mol. The van der Waals surface area contributed by atoms with Crippen LogP contribution in [0.1, 0.15) is 47.0 Å². The van der Waals surface area contributed by atoms with Crippen LogP contribution in [-0.4, -0.2) is 33.8 Å². The Balaban J connectivity index is 1.89. The van der Waals surface area contributed by atoms with Gasteiger partial charge in [0.2, 0.25) is 17.4 Å². The molecular formula is C20H26O5. The lowest BCUT2D eigenvalue weighted by atomic mass is 9.42. The van der Waals surface area contributed by atoms with E-state index in [0.717, 1.165) is 19.3 Å². The summed E-state index contributed by atoms with van der Waals surface area (Å²) in [6, 6.07) is 0. The topological polar surface area (TPSA) is 72.8 Å². The number of hydrogen-bond acceptors (Lipinski definition) is 5. The molecule has 2 aliphatic heterocycles. The Hall–Kier alpha value is -1.04. The Bertz CT molecular complexity index is 744. The van der Waals surface area contributed by atoms with Crippen LogP contribution < -0.4 is 0 Å². The maximum atomic E-state index is 13.7. The molecule has 2 bridgehead atoms. The van der Waals surface area contributed by atoms with Crippen molar-refractivity contribution in [3.8, 4) is 0 Å². The summed E-state index contributed by atoms with van der Waals surface area (Å²) in [5.41, 5.74) is -1.40. The molecule has 2 saturated heterocycles. The standard InChI is InChI=1S/C20H26O5/c1-9(2)14-13-8-10(3)12-7-6-11(4)19-18(12,13)16(22)17(5,24-19)25-20(19,23)15(14)21/h10-14,23H,1,6-8H2,2-5H3/t10-,11-,12+,13-,14-,17-,18+,19?,20+/m0/s1. The van der Waals surface area contributed by atoms with Crippen molar-refractivity contribution < 1.29 is 24.2 Å². The number of Topliss-reactive ketones (excluding diaryl/α,β-unsaturated/α-hetero) is 2. The summed E-state index contributed by atoms with van der Waals surface area (Å²) < 4.78 is 12.1. The molecule has 0 aromatic rings. The molecule has 2 heterocycles. The molecule has 5 heteroatoms. The van der Waals surface area contributed by atoms with E-state index in [4.69, 9.17) is 9.47 Å². The second kappa shape index (κ2) is 4.10. The van der Waals surface area contributed by atoms with Gasteiger partial charge in [-0.25, -0.2) is 0 Å². The van der Waals surface area contributed by atoms with Gasteiger partial charge in [0.15, 0.2) is 0 Å². The summed E-state index contributed by atoms with van der Waals surface area (Å²) in [6.45, 7) is 11.6. The maximum Gasteiger partial charge on any atom is 0.261 e. The number of fused-ring (bicyclic) bond motifs is 1. The van der Waals surface area contributed by atoms with Gasteiger partial charge in [0.25, 0.3) is 5.79 Å². The predicted octanol–water partition coefficient (Wildman–Crippen LogP) is 2.22. The zero-order valence-electron chi connectivity index (χ0n) is 15.3. The fourth-order valence-corrected chi connectivity index (χ4v) is 7.70. The highest BCUT2D eigenvalue weighted by Gasteiger charge is 2.94. The molecule has 25 heavy (non-hydrogen) atoms. The SMILES string of the molecule is C=C(C)[C@@H]1C(=O)[C@@]2(O)O[C@]3(C)OC24[C@@H](C)CC[C@@H]2[C@@H](C)C[C@@H]1[C@@]24C3=O. The van der Waals surface area contributed by atoms with Crippen molar-refractivity contribution in [1.82, 2.24) is 0 Å². The zero-order chi connectivity index (χ0) is 18.2. The number of aliphatic hydroxyl groups is 1. The van der Waals surface area contributed by atoms with Gasteiger partial charge in [-0.1, -0.05) is 26.0 Å². The number of ether oxygens (including phenoxy) is 2. The molecule has 0 amide bonds. The number of ketones is 2. The van der Waals surface area contributed by atoms with E-state index in [1.165, 1.54) is 0 Å². The van der Waals surface area contributed by atoms with E-state index in [2.05, 4.69) is 13.5 Å². The van der Waals surface area contributed by atoms with Crippen LogP contribution in [0.2, 0.25) is 0 Å². The smallest absolute Gasteiger partial charge is 0.261 e. The van der Waals surface area contributed by atoms with Crippen LogP contribution in [0, 0.1) is 35.0 Å². The van der Waals surface area contributed by atoms with Crippen molar-refractivity contribution in [3.05, 3.63) is 12.2 Å². The van der Waals surface area contributed by atoms with E-state index >= 15 is 0 Å². The average molecular weight is 346 g/mol. The van der Waals surface area contributed by atoms with Crippen molar-refractivity contribution in [2.24, 2.45) is 35.0 Å². The van der Waals surface area contributed by atoms with Crippen LogP contribution in [0.25, 0.3) is 0 Å². The highest BCUT2D eigenvalue weighted by Crippen LogP contribution is 2.79. The van der Waals surface area contributed by atoms with Crippen molar-refractivity contribution >= 4 is 11.6 Å². The van der Waals surface area contributed by atoms with Gasteiger partial charge >= 0.3 is 0 Å². The molecule has 2 spiro atoms. The largest absolute Gasteiger partial charge is 0.357 e. The normalized spacial score (nSPS) is 61.6. The van der Waals surface area contributed by atoms with Crippen LogP contribution in [-0.2, 0) is 19.1 Å². The molecule has 5 nitrogen and oxygen atoms in total. The highest BCUT2D eigenvalue weighted by atomic mass is 16.8. The predicted molar refractivity (Wildman–Crippen MR) is 88.2 cm³/mol. The van der Waals surface area contributed by atoms with Gasteiger partial charge in [0.05, 0.1) is 5.41 Å². The number of hydrogen-bond donors (Lipinski definition) is 1. The second-order valence-corrected chi connectivity index (χ2v) is 9.32. The Morgan fingerprint density at radius 3 is 2.52 bits per heavy atom. The van der Waals surface area contributed by atoms with Crippen molar-refractivity contribution in [1.29, 1.82) is 0 Å². The number of allylic oxidation sites excluding steroid dienone is 1. The van der Waals surface area contributed by atoms with E-state index < -0.39 is 28.5 Å². The minimum Gasteiger partial charge on any atom is -0.357 e. The molecule has 5 aliphatic rings. The third-order valence-corrected chi connectivity index (χ3v) is 8.24. The second-order valence-electron chi connectivity index (χ2n) is 9.32. The van der Waals surface area contributed by atoms with E-state index in [1.54, 1.807) is 6.92 Å². The summed E-state index contributed by atoms with van der Waals surface area (Å²) in [5.74, 6) is -4.40. The first-order valence-electron chi connectivity index (χ1n) is 9.45. The molecule has 9 atom stereocenters. The maximum absolute atomic E-state index is 13.7. The van der Waals surface area contributed by atoms with Gasteiger partial charge in [0.1, 0.15) is 5.60 Å². The number of carbonyl (C=O) groups excluding carboxylic acids is 2. The van der Waals surface area contributed by atoms with E-state index in [0.29, 0.717) is 11.5 Å². The lowest BCUT2D eigenvalue weighted by Gasteiger charge is -2.63. The molecule has 1 unspecified atom stereocenters. The van der Waals surface area contributed by atoms with Crippen molar-refractivity contribution in [2.45, 2.75) is 64.1 Å². The lowest BCUT2D eigenvalue weighted by molar-refractivity contribution is -0.299. The van der Waals surface area contributed by atoms with Gasteiger partial charge in [-0.15, -0.1) is 0 Å². The molecule has 5 rings (SSSR count). The summed E-state index contributed by atoms with van der Waals surface area (Å²) in [6.07, 6.45) is 2.55. The molecular weight excluding hydrogens is 320 g/mol. The Morgan fingerprint density at radius 1 is 1.20 bits per heavy atom. The molecule has 136 valence electrons. The van der Waals surface area contributed by atoms with Gasteiger partial charge in [-0.2, -0.15) is 0 Å². The Morgan fingerprint density at radius 2 is 1.88 bits per heavy atom. The van der Waals surface area contributed by atoms with Crippen LogP contribution in [0.5, 0.6) is 0 Å². The third kappa shape index (κ3) is 1.25. The first kappa shape index (κ1) is 16.2. The van der Waals surface area contributed by atoms with Gasteiger partial charge in [0, 0.05) is 5.92 Å². The van der Waals surface area contributed by atoms with Crippen LogP contribution in [0.4, 0.5) is 0 Å². The van der Waals surface area contributed by atoms with Gasteiger partial charge in [-0.05, 0) is 56.8 Å². The van der Waals surface area contributed by atoms with E-state index in [1.807, 2.05) is 13.8 Å². The summed E-state index contributed by atoms with van der Waals surface area (Å²) >= 11 is 0. The molecule has 0 aromatic heterocycles. The van der Waals surface area contributed by atoms with Crippen molar-refractivity contribution in [3.63, 3.8) is 0 Å². The van der Waals surface area contributed by atoms with E-state index in [9.17, 15) is 14.7 Å².